The molecule has 1 rings (SSSR count). The zero-order valence-corrected chi connectivity index (χ0v) is 9.04. The van der Waals surface area contributed by atoms with Crippen LogP contribution in [-0.2, 0) is 4.74 Å². The summed E-state index contributed by atoms with van der Waals surface area (Å²) in [5.41, 5.74) is 0.788. The molecule has 0 aromatic carbocycles. The molecule has 1 aromatic rings. The molecule has 14 heavy (non-hydrogen) atoms. The number of ether oxygens (including phenoxy) is 2. The van der Waals surface area contributed by atoms with Gasteiger partial charge in [-0.05, 0) is 25.4 Å². The molecule has 4 nitrogen and oxygen atoms in total. The molecule has 1 aromatic heterocycles. The zero-order chi connectivity index (χ0) is 10.4. The molecule has 0 radical (unpaired) electrons. The van der Waals surface area contributed by atoms with E-state index in [1.165, 1.54) is 0 Å². The summed E-state index contributed by atoms with van der Waals surface area (Å²) < 4.78 is 10.4. The molecule has 0 aliphatic carbocycles. The van der Waals surface area contributed by atoms with Crippen LogP contribution in [0.2, 0.25) is 5.28 Å². The number of hydrogen-bond donors (Lipinski definition) is 0. The zero-order valence-electron chi connectivity index (χ0n) is 8.29. The second kappa shape index (κ2) is 5.78. The van der Waals surface area contributed by atoms with E-state index in [9.17, 15) is 0 Å². The molecule has 78 valence electrons. The highest BCUT2D eigenvalue weighted by Gasteiger charge is 2.00. The van der Waals surface area contributed by atoms with Crippen molar-refractivity contribution in [2.75, 3.05) is 19.8 Å². The first-order valence-corrected chi connectivity index (χ1v) is 4.82. The number of rotatable bonds is 5. The smallest absolute Gasteiger partial charge is 0.225 e. The van der Waals surface area contributed by atoms with Crippen LogP contribution in [0.15, 0.2) is 6.07 Å². The van der Waals surface area contributed by atoms with Crippen LogP contribution in [0.4, 0.5) is 0 Å². The molecule has 0 aliphatic rings. The van der Waals surface area contributed by atoms with Crippen molar-refractivity contribution in [1.82, 2.24) is 9.97 Å². The van der Waals surface area contributed by atoms with Crippen LogP contribution in [0.3, 0.4) is 0 Å². The van der Waals surface area contributed by atoms with Gasteiger partial charge in [0.1, 0.15) is 6.61 Å². The van der Waals surface area contributed by atoms with Crippen LogP contribution in [-0.4, -0.2) is 29.8 Å². The molecule has 0 atom stereocenters. The van der Waals surface area contributed by atoms with Crippen LogP contribution >= 0.6 is 11.6 Å². The Hall–Kier alpha value is -0.870. The molecular formula is C9H13ClN2O2. The van der Waals surface area contributed by atoms with Crippen molar-refractivity contribution in [3.8, 4) is 5.88 Å². The highest BCUT2D eigenvalue weighted by Crippen LogP contribution is 2.11. The maximum Gasteiger partial charge on any atom is 0.225 e. The Bertz CT molecular complexity index is 274. The minimum Gasteiger partial charge on any atom is -0.475 e. The molecule has 0 fully saturated rings. The Morgan fingerprint density at radius 3 is 2.79 bits per heavy atom. The van der Waals surface area contributed by atoms with Gasteiger partial charge in [0.2, 0.25) is 11.2 Å². The molecule has 0 saturated carbocycles. The summed E-state index contributed by atoms with van der Waals surface area (Å²) in [7, 11) is 0. The van der Waals surface area contributed by atoms with E-state index in [1.807, 2.05) is 13.8 Å². The average molecular weight is 217 g/mol. The van der Waals surface area contributed by atoms with Gasteiger partial charge in [0.25, 0.3) is 0 Å². The van der Waals surface area contributed by atoms with E-state index in [2.05, 4.69) is 9.97 Å². The first kappa shape index (κ1) is 11.2. The Morgan fingerprint density at radius 2 is 2.14 bits per heavy atom. The lowest BCUT2D eigenvalue weighted by molar-refractivity contribution is 0.108. The van der Waals surface area contributed by atoms with Crippen LogP contribution < -0.4 is 4.74 Å². The van der Waals surface area contributed by atoms with Gasteiger partial charge in [0, 0.05) is 18.4 Å². The van der Waals surface area contributed by atoms with E-state index in [0.29, 0.717) is 25.7 Å². The summed E-state index contributed by atoms with van der Waals surface area (Å²) in [6, 6.07) is 1.73. The van der Waals surface area contributed by atoms with Gasteiger partial charge >= 0.3 is 0 Å². The number of aromatic nitrogens is 2. The van der Waals surface area contributed by atoms with Gasteiger partial charge in [-0.25, -0.2) is 4.98 Å². The normalized spacial score (nSPS) is 10.2. The van der Waals surface area contributed by atoms with Gasteiger partial charge in [-0.15, -0.1) is 0 Å². The van der Waals surface area contributed by atoms with Gasteiger partial charge < -0.3 is 9.47 Å². The van der Waals surface area contributed by atoms with Crippen LogP contribution in [0.1, 0.15) is 12.6 Å². The topological polar surface area (TPSA) is 44.2 Å². The van der Waals surface area contributed by atoms with E-state index in [-0.39, 0.29) is 5.28 Å². The largest absolute Gasteiger partial charge is 0.475 e. The summed E-state index contributed by atoms with van der Waals surface area (Å²) in [5, 5.41) is 0.205. The highest BCUT2D eigenvalue weighted by atomic mass is 35.5. The second-order valence-corrected chi connectivity index (χ2v) is 3.00. The number of nitrogens with zero attached hydrogens (tertiary/aromatic N) is 2. The summed E-state index contributed by atoms with van der Waals surface area (Å²) in [5.74, 6) is 0.488. The summed E-state index contributed by atoms with van der Waals surface area (Å²) >= 11 is 5.66. The van der Waals surface area contributed by atoms with Gasteiger partial charge in [0.15, 0.2) is 0 Å². The molecule has 0 N–H and O–H groups in total. The Balaban J connectivity index is 2.42. The van der Waals surface area contributed by atoms with E-state index in [1.54, 1.807) is 6.07 Å². The minimum atomic E-state index is 0.205. The average Bonchev–Trinajstić information content (AvgIpc) is 2.11. The van der Waals surface area contributed by atoms with Crippen LogP contribution in [0.5, 0.6) is 5.88 Å². The van der Waals surface area contributed by atoms with E-state index in [0.717, 1.165) is 5.69 Å². The molecule has 0 unspecified atom stereocenters. The van der Waals surface area contributed by atoms with Crippen molar-refractivity contribution >= 4 is 11.6 Å². The molecule has 0 spiro atoms. The molecule has 0 bridgehead atoms. The second-order valence-electron chi connectivity index (χ2n) is 2.66. The maximum atomic E-state index is 5.66. The predicted molar refractivity (Wildman–Crippen MR) is 53.8 cm³/mol. The van der Waals surface area contributed by atoms with Crippen molar-refractivity contribution in [3.63, 3.8) is 0 Å². The minimum absolute atomic E-state index is 0.205. The lowest BCUT2D eigenvalue weighted by atomic mass is 10.4. The summed E-state index contributed by atoms with van der Waals surface area (Å²) in [6.45, 7) is 5.49. The van der Waals surface area contributed by atoms with Crippen molar-refractivity contribution in [2.24, 2.45) is 0 Å². The molecule has 0 saturated heterocycles. The third kappa shape index (κ3) is 3.89. The highest BCUT2D eigenvalue weighted by molar-refractivity contribution is 6.28. The van der Waals surface area contributed by atoms with Crippen molar-refractivity contribution < 1.29 is 9.47 Å². The van der Waals surface area contributed by atoms with E-state index >= 15 is 0 Å². The van der Waals surface area contributed by atoms with E-state index in [4.69, 9.17) is 21.1 Å². The fraction of sp³-hybridized carbons (Fsp3) is 0.556. The Labute approximate surface area is 88.2 Å². The first-order chi connectivity index (χ1) is 6.72. The van der Waals surface area contributed by atoms with Crippen molar-refractivity contribution in [2.45, 2.75) is 13.8 Å². The van der Waals surface area contributed by atoms with Gasteiger partial charge in [-0.1, -0.05) is 0 Å². The van der Waals surface area contributed by atoms with Crippen molar-refractivity contribution in [3.05, 3.63) is 17.0 Å². The molecule has 0 aliphatic heterocycles. The molecule has 0 amide bonds. The fourth-order valence-electron chi connectivity index (χ4n) is 0.928. The predicted octanol–water partition coefficient (Wildman–Crippen LogP) is 1.85. The third-order valence-corrected chi connectivity index (χ3v) is 1.65. The van der Waals surface area contributed by atoms with Crippen LogP contribution in [0, 0.1) is 6.92 Å². The Kier molecular flexibility index (Phi) is 4.62. The lowest BCUT2D eigenvalue weighted by Crippen LogP contribution is -2.07. The number of halogens is 1. The monoisotopic (exact) mass is 216 g/mol. The van der Waals surface area contributed by atoms with Gasteiger partial charge in [0.05, 0.1) is 6.61 Å². The molecular weight excluding hydrogens is 204 g/mol. The van der Waals surface area contributed by atoms with E-state index < -0.39 is 0 Å². The lowest BCUT2D eigenvalue weighted by Gasteiger charge is -2.05. The SMILES string of the molecule is CCOCCOc1cc(C)nc(Cl)n1. The number of aryl methyl sites for hydroxylation is 1. The molecule has 5 heteroatoms. The van der Waals surface area contributed by atoms with Gasteiger partial charge in [-0.3, -0.25) is 0 Å². The van der Waals surface area contributed by atoms with Gasteiger partial charge in [-0.2, -0.15) is 4.98 Å². The Morgan fingerprint density at radius 1 is 1.36 bits per heavy atom. The fourth-order valence-corrected chi connectivity index (χ4v) is 1.14. The quantitative estimate of drug-likeness (QED) is 0.557. The standard InChI is InChI=1S/C9H13ClN2O2/c1-3-13-4-5-14-8-6-7(2)11-9(10)12-8/h6H,3-5H2,1-2H3. The molecule has 1 heterocycles. The first-order valence-electron chi connectivity index (χ1n) is 4.44. The van der Waals surface area contributed by atoms with Crippen molar-refractivity contribution in [1.29, 1.82) is 0 Å². The summed E-state index contributed by atoms with van der Waals surface area (Å²) in [6.07, 6.45) is 0. The summed E-state index contributed by atoms with van der Waals surface area (Å²) in [4.78, 5) is 7.83. The maximum absolute atomic E-state index is 5.66. The number of hydrogen-bond acceptors (Lipinski definition) is 4. The third-order valence-electron chi connectivity index (χ3n) is 1.49. The van der Waals surface area contributed by atoms with Crippen LogP contribution in [0.25, 0.3) is 0 Å².